The molecule has 0 saturated carbocycles. The van der Waals surface area contributed by atoms with Gasteiger partial charge in [-0.3, -0.25) is 4.79 Å². The first-order valence-corrected chi connectivity index (χ1v) is 5.97. The predicted octanol–water partition coefficient (Wildman–Crippen LogP) is -0.322. The number of rotatable bonds is 3. The Balaban J connectivity index is 0.000000315. The number of carbonyl (C=O) groups is 3. The highest BCUT2D eigenvalue weighted by Crippen LogP contribution is 1.99. The Morgan fingerprint density at radius 3 is 1.90 bits per heavy atom. The lowest BCUT2D eigenvalue weighted by Gasteiger charge is -1.96. The maximum Gasteiger partial charge on any atom is 0.351 e. The number of benzene rings is 1. The largest absolute Gasteiger partial charge is 0.539 e. The van der Waals surface area contributed by atoms with Gasteiger partial charge in [0.15, 0.2) is 18.4 Å². The van der Waals surface area contributed by atoms with Crippen molar-refractivity contribution < 1.29 is 29.2 Å². The van der Waals surface area contributed by atoms with E-state index in [-0.39, 0.29) is 5.78 Å². The third kappa shape index (κ3) is 6.11. The molecule has 0 aliphatic carbocycles. The van der Waals surface area contributed by atoms with Crippen LogP contribution in [0, 0.1) is 0 Å². The van der Waals surface area contributed by atoms with Crippen molar-refractivity contribution in [2.24, 2.45) is 0 Å². The molecule has 1 heterocycles. The zero-order chi connectivity index (χ0) is 15.7. The summed E-state index contributed by atoms with van der Waals surface area (Å²) in [4.78, 5) is 29.8. The summed E-state index contributed by atoms with van der Waals surface area (Å²) >= 11 is 0. The molecule has 1 aromatic heterocycles. The van der Waals surface area contributed by atoms with Gasteiger partial charge in [-0.15, -0.1) is 0 Å². The first-order chi connectivity index (χ1) is 10.0. The van der Waals surface area contributed by atoms with Crippen molar-refractivity contribution >= 4 is 17.7 Å². The molecule has 0 atom stereocenters. The number of carboxylic acids is 2. The fourth-order valence-electron chi connectivity index (χ4n) is 1.42. The van der Waals surface area contributed by atoms with Crippen LogP contribution in [-0.4, -0.2) is 22.8 Å². The molecular weight excluding hydrogens is 274 g/mol. The van der Waals surface area contributed by atoms with E-state index in [2.05, 4.69) is 0 Å². The number of nitrogens with zero attached hydrogens (tertiary/aromatic N) is 1. The number of aromatic nitrogens is 1. The number of Topliss-reactive ketones (excluding diaryl/α,β-unsaturated/α-hetero) is 1. The van der Waals surface area contributed by atoms with Crippen molar-refractivity contribution in [2.45, 2.75) is 6.54 Å². The molecule has 108 valence electrons. The van der Waals surface area contributed by atoms with E-state index in [4.69, 9.17) is 19.8 Å². The highest BCUT2D eigenvalue weighted by atomic mass is 16.4. The molecule has 0 radical (unpaired) electrons. The van der Waals surface area contributed by atoms with Crippen molar-refractivity contribution in [2.75, 3.05) is 0 Å². The van der Waals surface area contributed by atoms with Gasteiger partial charge in [-0.05, 0) is 0 Å². The molecule has 0 amide bonds. The highest BCUT2D eigenvalue weighted by Gasteiger charge is 2.10. The summed E-state index contributed by atoms with van der Waals surface area (Å²) in [6.07, 6.45) is 3.78. The van der Waals surface area contributed by atoms with Crippen molar-refractivity contribution in [1.29, 1.82) is 0 Å². The molecule has 21 heavy (non-hydrogen) atoms. The van der Waals surface area contributed by atoms with Gasteiger partial charge in [0.25, 0.3) is 0 Å². The van der Waals surface area contributed by atoms with Crippen LogP contribution in [0.15, 0.2) is 60.9 Å². The van der Waals surface area contributed by atoms with Crippen molar-refractivity contribution in [3.8, 4) is 0 Å². The number of carbonyl (C=O) groups excluding carboxylic acids is 2. The molecule has 6 nitrogen and oxygen atoms in total. The summed E-state index contributed by atoms with van der Waals surface area (Å²) < 4.78 is 1.87. The second kappa shape index (κ2) is 8.21. The Bertz CT molecular complexity index is 598. The van der Waals surface area contributed by atoms with E-state index in [0.29, 0.717) is 6.54 Å². The van der Waals surface area contributed by atoms with Crippen LogP contribution in [0.2, 0.25) is 0 Å². The maximum atomic E-state index is 11.8. The summed E-state index contributed by atoms with van der Waals surface area (Å²) in [7, 11) is 0. The van der Waals surface area contributed by atoms with E-state index in [1.165, 1.54) is 0 Å². The fourth-order valence-corrected chi connectivity index (χ4v) is 1.42. The van der Waals surface area contributed by atoms with Crippen LogP contribution in [-0.2, 0) is 16.1 Å². The third-order valence-electron chi connectivity index (χ3n) is 2.37. The minimum atomic E-state index is -2.07. The zero-order valence-electron chi connectivity index (χ0n) is 11.0. The molecule has 6 heteroatoms. The van der Waals surface area contributed by atoms with Gasteiger partial charge in [-0.2, -0.15) is 4.57 Å². The minimum absolute atomic E-state index is 0.131. The van der Waals surface area contributed by atoms with Crippen LogP contribution in [0.3, 0.4) is 0 Å². The smallest absolute Gasteiger partial charge is 0.351 e. The number of hydrogen-bond donors (Lipinski definition) is 1. The second-order valence-corrected chi connectivity index (χ2v) is 3.93. The summed E-state index contributed by atoms with van der Waals surface area (Å²) in [6.45, 7) is 0.394. The average Bonchev–Trinajstić information content (AvgIpc) is 2.49. The van der Waals surface area contributed by atoms with Crippen molar-refractivity contribution in [3.63, 3.8) is 0 Å². The Morgan fingerprint density at radius 1 is 0.952 bits per heavy atom. The third-order valence-corrected chi connectivity index (χ3v) is 2.37. The molecule has 0 unspecified atom stereocenters. The number of carboxylic acid groups (broad SMARTS) is 2. The Labute approximate surface area is 120 Å². The van der Waals surface area contributed by atoms with Gasteiger partial charge in [-0.25, -0.2) is 4.79 Å². The number of ketones is 1. The van der Waals surface area contributed by atoms with Gasteiger partial charge >= 0.3 is 5.97 Å². The van der Waals surface area contributed by atoms with E-state index in [1.54, 1.807) is 0 Å². The number of aliphatic carboxylic acids is 2. The van der Waals surface area contributed by atoms with E-state index < -0.39 is 11.9 Å². The summed E-state index contributed by atoms with van der Waals surface area (Å²) in [5.41, 5.74) is 0.758. The van der Waals surface area contributed by atoms with Crippen LogP contribution in [0.5, 0.6) is 0 Å². The van der Waals surface area contributed by atoms with Crippen LogP contribution < -0.4 is 9.67 Å². The quantitative estimate of drug-likeness (QED) is 0.474. The van der Waals surface area contributed by atoms with Crippen LogP contribution >= 0.6 is 0 Å². The van der Waals surface area contributed by atoms with Crippen LogP contribution in [0.25, 0.3) is 0 Å². The van der Waals surface area contributed by atoms with Gasteiger partial charge in [-0.1, -0.05) is 36.4 Å². The van der Waals surface area contributed by atoms with E-state index in [1.807, 2.05) is 65.5 Å². The normalized spacial score (nSPS) is 9.14. The molecule has 1 aromatic carbocycles. The number of hydrogen-bond acceptors (Lipinski definition) is 4. The molecule has 2 aromatic rings. The molecule has 0 fully saturated rings. The highest BCUT2D eigenvalue weighted by molar-refractivity contribution is 6.26. The Kier molecular flexibility index (Phi) is 6.27. The fraction of sp³-hybridized carbons (Fsp3) is 0.0667. The van der Waals surface area contributed by atoms with Gasteiger partial charge in [0.05, 0.1) is 0 Å². The second-order valence-electron chi connectivity index (χ2n) is 3.93. The summed E-state index contributed by atoms with van der Waals surface area (Å²) in [5.74, 6) is -3.88. The predicted molar refractivity (Wildman–Crippen MR) is 70.1 cm³/mol. The Hall–Kier alpha value is -3.02. The molecule has 0 aliphatic rings. The van der Waals surface area contributed by atoms with Crippen LogP contribution in [0.4, 0.5) is 0 Å². The monoisotopic (exact) mass is 287 g/mol. The zero-order valence-corrected chi connectivity index (χ0v) is 11.0. The topological polar surface area (TPSA) is 98.4 Å². The average molecular weight is 287 g/mol. The molecule has 1 N–H and O–H groups in total. The Morgan fingerprint density at radius 2 is 1.43 bits per heavy atom. The lowest BCUT2D eigenvalue weighted by molar-refractivity contribution is -0.683. The first kappa shape index (κ1) is 16.0. The molecule has 2 rings (SSSR count). The SMILES string of the molecule is O=C(C[n+]1ccccc1)c1ccccc1.O=C([O-])C(=O)O. The van der Waals surface area contributed by atoms with Gasteiger partial charge in [0.1, 0.15) is 0 Å². The van der Waals surface area contributed by atoms with Crippen LogP contribution in [0.1, 0.15) is 10.4 Å². The summed E-state index contributed by atoms with van der Waals surface area (Å²) in [5, 5.41) is 16.3. The first-order valence-electron chi connectivity index (χ1n) is 5.97. The molecule has 0 aliphatic heterocycles. The van der Waals surface area contributed by atoms with Gasteiger partial charge < -0.3 is 15.0 Å². The lowest BCUT2D eigenvalue weighted by Crippen LogP contribution is -2.36. The molecule has 0 bridgehead atoms. The molecular formula is C15H13NO5. The van der Waals surface area contributed by atoms with Gasteiger partial charge in [0.2, 0.25) is 12.3 Å². The van der Waals surface area contributed by atoms with Gasteiger partial charge in [0, 0.05) is 17.7 Å². The standard InChI is InChI=1S/C13H12NO.C2H2O4/c15-13(12-7-3-1-4-8-12)11-14-9-5-2-6-10-14;3-1(4)2(5)6/h1-10H,11H2;(H,3,4)(H,5,6)/q+1;/p-1. The molecule has 0 spiro atoms. The molecule has 0 saturated heterocycles. The van der Waals surface area contributed by atoms with Crippen molar-refractivity contribution in [1.82, 2.24) is 0 Å². The van der Waals surface area contributed by atoms with Crippen molar-refractivity contribution in [3.05, 3.63) is 66.5 Å². The van der Waals surface area contributed by atoms with E-state index in [9.17, 15) is 4.79 Å². The van der Waals surface area contributed by atoms with E-state index >= 15 is 0 Å². The minimum Gasteiger partial charge on any atom is -0.539 e. The lowest BCUT2D eigenvalue weighted by atomic mass is 10.1. The number of pyridine rings is 1. The maximum absolute atomic E-state index is 11.8. The van der Waals surface area contributed by atoms with E-state index in [0.717, 1.165) is 5.56 Å². The summed E-state index contributed by atoms with van der Waals surface area (Å²) in [6, 6.07) is 15.1.